The lowest BCUT2D eigenvalue weighted by molar-refractivity contribution is 0.0950. The number of carbonyl (C=O) groups is 1. The molecule has 0 saturated carbocycles. The molecule has 6 nitrogen and oxygen atoms in total. The van der Waals surface area contributed by atoms with Crippen molar-refractivity contribution in [2.24, 2.45) is 0 Å². The lowest BCUT2D eigenvalue weighted by atomic mass is 9.96. The molecule has 0 saturated heterocycles. The Balaban J connectivity index is 1.46. The molecular formula is C20H17N3O3. The van der Waals surface area contributed by atoms with E-state index in [9.17, 15) is 14.4 Å². The normalized spacial score (nSPS) is 13.5. The molecule has 26 heavy (non-hydrogen) atoms. The van der Waals surface area contributed by atoms with Crippen molar-refractivity contribution in [2.45, 2.75) is 19.5 Å². The van der Waals surface area contributed by atoms with Crippen LogP contribution in [0.5, 0.6) is 0 Å². The molecule has 1 aliphatic heterocycles. The second-order valence-corrected chi connectivity index (χ2v) is 6.42. The molecule has 3 aromatic rings. The van der Waals surface area contributed by atoms with Crippen LogP contribution in [0.2, 0.25) is 0 Å². The number of anilines is 1. The molecular weight excluding hydrogens is 330 g/mol. The smallest absolute Gasteiger partial charge is 0.253 e. The third-order valence-corrected chi connectivity index (χ3v) is 4.72. The van der Waals surface area contributed by atoms with E-state index in [2.05, 4.69) is 22.4 Å². The van der Waals surface area contributed by atoms with E-state index in [0.29, 0.717) is 24.3 Å². The number of nitrogens with one attached hydrogen (secondary N) is 1. The number of aromatic nitrogens is 1. The van der Waals surface area contributed by atoms with E-state index < -0.39 is 10.9 Å². The van der Waals surface area contributed by atoms with Gasteiger partial charge in [0, 0.05) is 38.1 Å². The average Bonchev–Trinajstić information content (AvgIpc) is 2.69. The Kier molecular flexibility index (Phi) is 4.08. The van der Waals surface area contributed by atoms with Crippen molar-refractivity contribution >= 4 is 11.6 Å². The van der Waals surface area contributed by atoms with Crippen LogP contribution in [0, 0.1) is 0 Å². The average molecular weight is 347 g/mol. The van der Waals surface area contributed by atoms with Crippen LogP contribution in [0.25, 0.3) is 0 Å². The van der Waals surface area contributed by atoms with Crippen LogP contribution >= 0.6 is 0 Å². The van der Waals surface area contributed by atoms with Gasteiger partial charge in [0.15, 0.2) is 0 Å². The minimum atomic E-state index is -0.419. The van der Waals surface area contributed by atoms with Gasteiger partial charge in [-0.1, -0.05) is 18.2 Å². The first kappa shape index (κ1) is 16.2. The van der Waals surface area contributed by atoms with Gasteiger partial charge in [-0.2, -0.15) is 0 Å². The fraction of sp³-hybridized carbons (Fsp3) is 0.200. The van der Waals surface area contributed by atoms with E-state index in [0.717, 1.165) is 24.1 Å². The standard InChI is InChI=1S/C20H17N3O3/c24-18-9-17(19(18)25)23-7-5-14-4-3-13(8-16(14)12-23)10-22-20(26)15-2-1-6-21-11-15/h1-4,6,8-9,11H,5,7,10,12H2,(H,22,26). The Hall–Kier alpha value is -3.28. The van der Waals surface area contributed by atoms with Gasteiger partial charge in [0.05, 0.1) is 11.3 Å². The van der Waals surface area contributed by atoms with Gasteiger partial charge in [-0.15, -0.1) is 0 Å². The minimum Gasteiger partial charge on any atom is -0.363 e. The van der Waals surface area contributed by atoms with Gasteiger partial charge < -0.3 is 10.2 Å². The summed E-state index contributed by atoms with van der Waals surface area (Å²) >= 11 is 0. The number of hydrogen-bond donors (Lipinski definition) is 1. The molecule has 0 radical (unpaired) electrons. The summed E-state index contributed by atoms with van der Waals surface area (Å²) in [5.74, 6) is -0.166. The third-order valence-electron chi connectivity index (χ3n) is 4.72. The molecule has 0 aliphatic carbocycles. The first-order chi connectivity index (χ1) is 12.6. The summed E-state index contributed by atoms with van der Waals surface area (Å²) in [6, 6.07) is 11.0. The topological polar surface area (TPSA) is 79.4 Å². The second-order valence-electron chi connectivity index (χ2n) is 6.42. The Morgan fingerprint density at radius 1 is 1.15 bits per heavy atom. The summed E-state index contributed by atoms with van der Waals surface area (Å²) in [6.45, 7) is 1.75. The van der Waals surface area contributed by atoms with Crippen LogP contribution < -0.4 is 21.1 Å². The number of rotatable bonds is 4. The minimum absolute atomic E-state index is 0.166. The number of pyridine rings is 1. The highest BCUT2D eigenvalue weighted by Gasteiger charge is 2.22. The fourth-order valence-corrected chi connectivity index (χ4v) is 3.25. The zero-order valence-corrected chi connectivity index (χ0v) is 14.1. The zero-order valence-electron chi connectivity index (χ0n) is 14.1. The van der Waals surface area contributed by atoms with E-state index in [-0.39, 0.29) is 5.91 Å². The van der Waals surface area contributed by atoms with Crippen molar-refractivity contribution in [1.82, 2.24) is 10.3 Å². The molecule has 0 atom stereocenters. The van der Waals surface area contributed by atoms with E-state index in [4.69, 9.17) is 0 Å². The van der Waals surface area contributed by atoms with E-state index in [1.807, 2.05) is 11.0 Å². The summed E-state index contributed by atoms with van der Waals surface area (Å²) in [5.41, 5.74) is 3.58. The van der Waals surface area contributed by atoms with E-state index in [1.54, 1.807) is 18.3 Å². The van der Waals surface area contributed by atoms with Crippen LogP contribution in [0.1, 0.15) is 27.0 Å². The van der Waals surface area contributed by atoms with Crippen molar-refractivity contribution in [2.75, 3.05) is 11.4 Å². The van der Waals surface area contributed by atoms with Gasteiger partial charge in [0.2, 0.25) is 10.9 Å². The maximum absolute atomic E-state index is 12.1. The maximum Gasteiger partial charge on any atom is 0.253 e. The molecule has 2 heterocycles. The number of fused-ring (bicyclic) bond motifs is 1. The van der Waals surface area contributed by atoms with Crippen LogP contribution in [0.3, 0.4) is 0 Å². The largest absolute Gasteiger partial charge is 0.363 e. The number of hydrogen-bond acceptors (Lipinski definition) is 5. The molecule has 1 N–H and O–H groups in total. The Labute approximate surface area is 149 Å². The quantitative estimate of drug-likeness (QED) is 0.717. The van der Waals surface area contributed by atoms with Crippen LogP contribution in [-0.2, 0) is 19.5 Å². The molecule has 0 fully saturated rings. The van der Waals surface area contributed by atoms with Gasteiger partial charge in [-0.25, -0.2) is 0 Å². The summed E-state index contributed by atoms with van der Waals surface area (Å²) in [7, 11) is 0. The van der Waals surface area contributed by atoms with Crippen LogP contribution in [0.15, 0.2) is 58.4 Å². The Bertz CT molecular complexity index is 1040. The third kappa shape index (κ3) is 3.01. The first-order valence-corrected chi connectivity index (χ1v) is 8.46. The van der Waals surface area contributed by atoms with E-state index >= 15 is 0 Å². The first-order valence-electron chi connectivity index (χ1n) is 8.46. The number of nitrogens with zero attached hydrogens (tertiary/aromatic N) is 2. The van der Waals surface area contributed by atoms with Gasteiger partial charge in [-0.05, 0) is 35.2 Å². The molecule has 1 aliphatic rings. The molecule has 130 valence electrons. The molecule has 0 unspecified atom stereocenters. The summed E-state index contributed by atoms with van der Waals surface area (Å²) in [4.78, 5) is 40.8. The lowest BCUT2D eigenvalue weighted by Crippen LogP contribution is -2.41. The highest BCUT2D eigenvalue weighted by molar-refractivity contribution is 5.93. The summed E-state index contributed by atoms with van der Waals surface area (Å²) in [6.07, 6.45) is 3.99. The molecule has 1 amide bonds. The Morgan fingerprint density at radius 2 is 2.04 bits per heavy atom. The predicted molar refractivity (Wildman–Crippen MR) is 98.0 cm³/mol. The predicted octanol–water partition coefficient (Wildman–Crippen LogP) is 1.17. The highest BCUT2D eigenvalue weighted by Crippen LogP contribution is 2.23. The number of carbonyl (C=O) groups excluding carboxylic acids is 1. The lowest BCUT2D eigenvalue weighted by Gasteiger charge is -2.31. The summed E-state index contributed by atoms with van der Waals surface area (Å²) < 4.78 is 0. The summed E-state index contributed by atoms with van der Waals surface area (Å²) in [5, 5.41) is 2.89. The van der Waals surface area contributed by atoms with Gasteiger partial charge >= 0.3 is 0 Å². The molecule has 4 rings (SSSR count). The van der Waals surface area contributed by atoms with Crippen LogP contribution in [0.4, 0.5) is 5.69 Å². The van der Waals surface area contributed by atoms with Crippen molar-refractivity contribution in [1.29, 1.82) is 0 Å². The molecule has 0 spiro atoms. The van der Waals surface area contributed by atoms with Gasteiger partial charge in [-0.3, -0.25) is 19.4 Å². The molecule has 6 heteroatoms. The number of benzene rings is 1. The fourth-order valence-electron chi connectivity index (χ4n) is 3.25. The molecule has 2 aromatic carbocycles. The molecule has 1 aromatic heterocycles. The maximum atomic E-state index is 12.1. The second kappa shape index (κ2) is 6.55. The Morgan fingerprint density at radius 3 is 2.77 bits per heavy atom. The van der Waals surface area contributed by atoms with Crippen molar-refractivity contribution < 1.29 is 4.79 Å². The zero-order chi connectivity index (χ0) is 18.1. The SMILES string of the molecule is O=C(NCc1ccc2c(c1)CN(c1cc(=O)c1=O)CC2)c1cccnc1. The van der Waals surface area contributed by atoms with E-state index in [1.165, 1.54) is 17.8 Å². The number of amides is 1. The highest BCUT2D eigenvalue weighted by atomic mass is 16.2. The van der Waals surface area contributed by atoms with Crippen LogP contribution in [-0.4, -0.2) is 17.4 Å². The monoisotopic (exact) mass is 347 g/mol. The van der Waals surface area contributed by atoms with Crippen molar-refractivity contribution in [3.05, 3.63) is 91.5 Å². The van der Waals surface area contributed by atoms with Crippen molar-refractivity contribution in [3.8, 4) is 0 Å². The molecule has 0 bridgehead atoms. The van der Waals surface area contributed by atoms with Gasteiger partial charge in [0.25, 0.3) is 5.91 Å². The van der Waals surface area contributed by atoms with Gasteiger partial charge in [0.1, 0.15) is 0 Å². The van der Waals surface area contributed by atoms with Crippen molar-refractivity contribution in [3.63, 3.8) is 0 Å².